The summed E-state index contributed by atoms with van der Waals surface area (Å²) in [6, 6.07) is 7.02. The zero-order valence-corrected chi connectivity index (χ0v) is 8.15. The quantitative estimate of drug-likeness (QED) is 0.696. The molecule has 0 aliphatic heterocycles. The molecule has 4 heteroatoms. The summed E-state index contributed by atoms with van der Waals surface area (Å²) in [6.45, 7) is 1.49. The molecule has 0 radical (unpaired) electrons. The first-order valence-corrected chi connectivity index (χ1v) is 4.48. The lowest BCUT2D eigenvalue weighted by Crippen LogP contribution is -1.89. The topological polar surface area (TPSA) is 66.9 Å². The maximum atomic E-state index is 11.1. The maximum Gasteiger partial charge on any atom is 0.209 e. The van der Waals surface area contributed by atoms with E-state index in [1.165, 1.54) is 6.92 Å². The van der Waals surface area contributed by atoms with Gasteiger partial charge in [-0.1, -0.05) is 0 Å². The first-order chi connectivity index (χ1) is 7.20. The van der Waals surface area contributed by atoms with Crippen molar-refractivity contribution in [2.24, 2.45) is 0 Å². The number of aromatic nitrogens is 1. The molecule has 0 atom stereocenters. The van der Waals surface area contributed by atoms with E-state index < -0.39 is 0 Å². The molecule has 2 rings (SSSR count). The highest BCUT2D eigenvalue weighted by Crippen LogP contribution is 2.17. The molecule has 74 valence electrons. The Morgan fingerprint density at radius 2 is 2.40 bits per heavy atom. The first kappa shape index (κ1) is 9.41. The van der Waals surface area contributed by atoms with Gasteiger partial charge in [-0.15, -0.1) is 0 Å². The van der Waals surface area contributed by atoms with E-state index in [0.29, 0.717) is 22.6 Å². The third-order valence-corrected chi connectivity index (χ3v) is 2.07. The lowest BCUT2D eigenvalue weighted by atomic mass is 10.1. The van der Waals surface area contributed by atoms with Gasteiger partial charge in [0.2, 0.25) is 5.89 Å². The van der Waals surface area contributed by atoms with Gasteiger partial charge in [0, 0.05) is 5.56 Å². The van der Waals surface area contributed by atoms with E-state index >= 15 is 0 Å². The number of benzene rings is 1. The Bertz CT molecular complexity index is 563. The molecule has 0 saturated heterocycles. The molecule has 0 N–H and O–H groups in total. The van der Waals surface area contributed by atoms with Crippen LogP contribution in [0.25, 0.3) is 11.1 Å². The molecular formula is C11H8N2O2. The monoisotopic (exact) mass is 200 g/mol. The van der Waals surface area contributed by atoms with Crippen molar-refractivity contribution >= 4 is 16.9 Å². The number of Topliss-reactive ketones (excluding diaryl/α,β-unsaturated/α-hetero) is 1. The van der Waals surface area contributed by atoms with Crippen molar-refractivity contribution in [1.82, 2.24) is 4.98 Å². The highest BCUT2D eigenvalue weighted by Gasteiger charge is 2.07. The number of nitriles is 1. The predicted molar refractivity (Wildman–Crippen MR) is 53.3 cm³/mol. The van der Waals surface area contributed by atoms with Gasteiger partial charge in [0.25, 0.3) is 0 Å². The van der Waals surface area contributed by atoms with Gasteiger partial charge in [-0.3, -0.25) is 4.79 Å². The summed E-state index contributed by atoms with van der Waals surface area (Å²) in [6.07, 6.45) is 0.143. The molecule has 0 aliphatic rings. The average molecular weight is 200 g/mol. The summed E-state index contributed by atoms with van der Waals surface area (Å²) in [7, 11) is 0. The van der Waals surface area contributed by atoms with Gasteiger partial charge in [-0.05, 0) is 25.1 Å². The van der Waals surface area contributed by atoms with Gasteiger partial charge in [0.15, 0.2) is 11.4 Å². The van der Waals surface area contributed by atoms with Crippen molar-refractivity contribution in [3.63, 3.8) is 0 Å². The minimum absolute atomic E-state index is 0.0184. The molecule has 2 aromatic rings. The molecule has 1 aromatic carbocycles. The largest absolute Gasteiger partial charge is 0.440 e. The van der Waals surface area contributed by atoms with Crippen molar-refractivity contribution in [3.8, 4) is 6.07 Å². The van der Waals surface area contributed by atoms with E-state index in [-0.39, 0.29) is 12.2 Å². The molecule has 1 heterocycles. The normalized spacial score (nSPS) is 10.1. The summed E-state index contributed by atoms with van der Waals surface area (Å²) >= 11 is 0. The molecule has 4 nitrogen and oxygen atoms in total. The molecule has 0 saturated carbocycles. The van der Waals surface area contributed by atoms with Crippen LogP contribution in [0.5, 0.6) is 0 Å². The maximum absolute atomic E-state index is 11.1. The number of ketones is 1. The minimum Gasteiger partial charge on any atom is -0.440 e. The fraction of sp³-hybridized carbons (Fsp3) is 0.182. The second-order valence-electron chi connectivity index (χ2n) is 3.18. The molecule has 0 unspecified atom stereocenters. The number of nitrogens with zero attached hydrogens (tertiary/aromatic N) is 2. The highest BCUT2D eigenvalue weighted by molar-refractivity contribution is 5.96. The molecular weight excluding hydrogens is 192 g/mol. The van der Waals surface area contributed by atoms with Crippen LogP contribution in [0.15, 0.2) is 22.6 Å². The lowest BCUT2D eigenvalue weighted by Gasteiger charge is -1.92. The third-order valence-electron chi connectivity index (χ3n) is 2.07. The number of hydrogen-bond acceptors (Lipinski definition) is 4. The van der Waals surface area contributed by atoms with Crippen LogP contribution in [0.3, 0.4) is 0 Å². The highest BCUT2D eigenvalue weighted by atomic mass is 16.3. The van der Waals surface area contributed by atoms with E-state index in [9.17, 15) is 4.79 Å². The second-order valence-corrected chi connectivity index (χ2v) is 3.18. The number of rotatable bonds is 2. The van der Waals surface area contributed by atoms with E-state index in [2.05, 4.69) is 4.98 Å². The van der Waals surface area contributed by atoms with Crippen molar-refractivity contribution in [3.05, 3.63) is 29.7 Å². The number of carbonyl (C=O) groups is 1. The standard InChI is InChI=1S/C11H8N2O2/c1-7(14)8-2-3-9-10(6-8)15-11(13-9)4-5-12/h2-3,6H,4H2,1H3. The number of carbonyl (C=O) groups excluding carboxylic acids is 1. The zero-order chi connectivity index (χ0) is 10.8. The van der Waals surface area contributed by atoms with Crippen LogP contribution in [0.4, 0.5) is 0 Å². The summed E-state index contributed by atoms with van der Waals surface area (Å²) in [5, 5.41) is 8.48. The van der Waals surface area contributed by atoms with Gasteiger partial charge < -0.3 is 4.42 Å². The Morgan fingerprint density at radius 3 is 3.07 bits per heavy atom. The van der Waals surface area contributed by atoms with Gasteiger partial charge in [0.05, 0.1) is 6.07 Å². The summed E-state index contributed by atoms with van der Waals surface area (Å²) < 4.78 is 5.31. The van der Waals surface area contributed by atoms with Crippen LogP contribution in [0, 0.1) is 11.3 Å². The Labute approximate surface area is 86.1 Å². The van der Waals surface area contributed by atoms with E-state index in [0.717, 1.165) is 0 Å². The van der Waals surface area contributed by atoms with Gasteiger partial charge in [0.1, 0.15) is 11.9 Å². The van der Waals surface area contributed by atoms with Crippen LogP contribution in [-0.4, -0.2) is 10.8 Å². The van der Waals surface area contributed by atoms with Crippen LogP contribution >= 0.6 is 0 Å². The molecule has 0 spiro atoms. The number of fused-ring (bicyclic) bond motifs is 1. The fourth-order valence-electron chi connectivity index (χ4n) is 1.33. The molecule has 15 heavy (non-hydrogen) atoms. The SMILES string of the molecule is CC(=O)c1ccc2nc(CC#N)oc2c1. The van der Waals surface area contributed by atoms with Crippen molar-refractivity contribution < 1.29 is 9.21 Å². The molecule has 0 bridgehead atoms. The lowest BCUT2D eigenvalue weighted by molar-refractivity contribution is 0.101. The van der Waals surface area contributed by atoms with Gasteiger partial charge >= 0.3 is 0 Å². The Hall–Kier alpha value is -2.15. The van der Waals surface area contributed by atoms with Crippen LogP contribution in [-0.2, 0) is 6.42 Å². The molecule has 0 amide bonds. The fourth-order valence-corrected chi connectivity index (χ4v) is 1.33. The van der Waals surface area contributed by atoms with Crippen molar-refractivity contribution in [2.45, 2.75) is 13.3 Å². The molecule has 0 fully saturated rings. The summed E-state index contributed by atoms with van der Waals surface area (Å²) in [4.78, 5) is 15.2. The van der Waals surface area contributed by atoms with Crippen LogP contribution < -0.4 is 0 Å². The molecule has 0 aliphatic carbocycles. The van der Waals surface area contributed by atoms with E-state index in [1.807, 2.05) is 6.07 Å². The summed E-state index contributed by atoms with van der Waals surface area (Å²) in [5.74, 6) is 0.364. The number of oxazole rings is 1. The third kappa shape index (κ3) is 1.72. The van der Waals surface area contributed by atoms with E-state index in [4.69, 9.17) is 9.68 Å². The first-order valence-electron chi connectivity index (χ1n) is 4.48. The Morgan fingerprint density at radius 1 is 1.60 bits per heavy atom. The van der Waals surface area contributed by atoms with Crippen LogP contribution in [0.1, 0.15) is 23.2 Å². The van der Waals surface area contributed by atoms with Gasteiger partial charge in [-0.2, -0.15) is 5.26 Å². The number of hydrogen-bond donors (Lipinski definition) is 0. The summed E-state index contributed by atoms with van der Waals surface area (Å²) in [5.41, 5.74) is 1.81. The molecule has 1 aromatic heterocycles. The predicted octanol–water partition coefficient (Wildman–Crippen LogP) is 2.10. The van der Waals surface area contributed by atoms with Crippen molar-refractivity contribution in [1.29, 1.82) is 5.26 Å². The second kappa shape index (κ2) is 3.54. The van der Waals surface area contributed by atoms with E-state index in [1.54, 1.807) is 18.2 Å². The Kier molecular flexibility index (Phi) is 2.22. The average Bonchev–Trinajstić information content (AvgIpc) is 2.59. The van der Waals surface area contributed by atoms with Crippen LogP contribution in [0.2, 0.25) is 0 Å². The smallest absolute Gasteiger partial charge is 0.209 e. The Balaban J connectivity index is 2.53. The van der Waals surface area contributed by atoms with Crippen molar-refractivity contribution in [2.75, 3.05) is 0 Å². The van der Waals surface area contributed by atoms with Gasteiger partial charge in [-0.25, -0.2) is 4.98 Å². The minimum atomic E-state index is -0.0184. The zero-order valence-electron chi connectivity index (χ0n) is 8.15.